The summed E-state index contributed by atoms with van der Waals surface area (Å²) in [4.78, 5) is 20.7. The molecule has 5 nitrogen and oxygen atoms in total. The largest absolute Gasteiger partial charge is 0.366 e. The van der Waals surface area contributed by atoms with E-state index in [9.17, 15) is 13.6 Å². The van der Waals surface area contributed by atoms with E-state index in [1.165, 1.54) is 0 Å². The molecule has 0 aliphatic carbocycles. The molecule has 4 aliphatic heterocycles. The lowest BCUT2D eigenvalue weighted by Gasteiger charge is -2.51. The Morgan fingerprint density at radius 1 is 1.14 bits per heavy atom. The van der Waals surface area contributed by atoms with E-state index in [0.29, 0.717) is 29.4 Å². The van der Waals surface area contributed by atoms with Crippen molar-refractivity contribution in [1.29, 1.82) is 0 Å². The first-order valence-electron chi connectivity index (χ1n) is 9.75. The Morgan fingerprint density at radius 3 is 2.68 bits per heavy atom. The van der Waals surface area contributed by atoms with Gasteiger partial charge in [0.25, 0.3) is 0 Å². The zero-order chi connectivity index (χ0) is 19.4. The van der Waals surface area contributed by atoms with E-state index >= 15 is 0 Å². The first-order chi connectivity index (χ1) is 13.5. The van der Waals surface area contributed by atoms with Crippen LogP contribution in [0.1, 0.15) is 34.7 Å². The number of fused-ring (bicyclic) bond motifs is 2. The highest BCUT2D eigenvalue weighted by Gasteiger charge is 2.54. The van der Waals surface area contributed by atoms with Crippen molar-refractivity contribution in [3.63, 3.8) is 0 Å². The Hall–Kier alpha value is -2.54. The molecule has 28 heavy (non-hydrogen) atoms. The van der Waals surface area contributed by atoms with E-state index in [4.69, 9.17) is 5.73 Å². The highest BCUT2D eigenvalue weighted by Crippen LogP contribution is 2.48. The van der Waals surface area contributed by atoms with Crippen LogP contribution in [-0.2, 0) is 0 Å². The van der Waals surface area contributed by atoms with Gasteiger partial charge in [-0.25, -0.2) is 13.8 Å². The smallest absolute Gasteiger partial charge is 0.248 e. The van der Waals surface area contributed by atoms with Crippen LogP contribution in [0.25, 0.3) is 0 Å². The van der Waals surface area contributed by atoms with Crippen LogP contribution in [0, 0.1) is 17.6 Å². The molecule has 1 aromatic carbocycles. The number of pyridine rings is 1. The Kier molecular flexibility index (Phi) is 4.08. The van der Waals surface area contributed by atoms with E-state index in [-0.39, 0.29) is 18.0 Å². The molecule has 1 aromatic heterocycles. The summed E-state index contributed by atoms with van der Waals surface area (Å²) in [6.45, 7) is 2.52. The van der Waals surface area contributed by atoms with Crippen molar-refractivity contribution in [3.8, 4) is 0 Å². The summed E-state index contributed by atoms with van der Waals surface area (Å²) in [5.74, 6) is -1.05. The van der Waals surface area contributed by atoms with Crippen LogP contribution in [0.4, 0.5) is 14.6 Å². The first-order valence-corrected chi connectivity index (χ1v) is 9.75. The molecule has 146 valence electrons. The van der Waals surface area contributed by atoms with Crippen LogP contribution in [0.3, 0.4) is 0 Å². The van der Waals surface area contributed by atoms with E-state index in [1.54, 1.807) is 30.5 Å². The number of carbonyl (C=O) groups excluding carboxylic acids is 1. The number of primary amides is 1. The lowest BCUT2D eigenvalue weighted by atomic mass is 9.75. The number of anilines is 1. The van der Waals surface area contributed by atoms with E-state index < -0.39 is 17.5 Å². The van der Waals surface area contributed by atoms with Gasteiger partial charge in [-0.1, -0.05) is 12.1 Å². The third-order valence-electron chi connectivity index (χ3n) is 6.70. The van der Waals surface area contributed by atoms with Crippen LogP contribution in [-0.4, -0.2) is 47.5 Å². The van der Waals surface area contributed by atoms with Crippen molar-refractivity contribution in [3.05, 3.63) is 59.3 Å². The number of nitrogens with two attached hydrogens (primary N) is 1. The van der Waals surface area contributed by atoms with E-state index in [2.05, 4.69) is 14.8 Å². The standard InChI is InChI=1S/C21H22F2N4O/c22-16-3-1-2-14(18(16)23)15-11-27(17-10-13(21(24)28)4-7-25-17)19-12-5-8-26(9-6-12)20(15)19/h1-4,7,10,12,15,19-20H,5-6,8-9,11H2,(H2,24,28)/t15-,19-,20-/m1/s1. The number of aromatic nitrogens is 1. The molecule has 0 spiro atoms. The fraction of sp³-hybridized carbons (Fsp3) is 0.429. The van der Waals surface area contributed by atoms with Gasteiger partial charge in [0.1, 0.15) is 5.82 Å². The summed E-state index contributed by atoms with van der Waals surface area (Å²) in [5, 5.41) is 0. The van der Waals surface area contributed by atoms with Gasteiger partial charge in [-0.15, -0.1) is 0 Å². The molecule has 0 unspecified atom stereocenters. The van der Waals surface area contributed by atoms with Gasteiger partial charge in [0.15, 0.2) is 11.6 Å². The molecule has 4 fully saturated rings. The fourth-order valence-corrected chi connectivity index (χ4v) is 5.49. The Balaban J connectivity index is 1.59. The predicted molar refractivity (Wildman–Crippen MR) is 101 cm³/mol. The lowest BCUT2D eigenvalue weighted by Crippen LogP contribution is -2.60. The molecule has 6 rings (SSSR count). The average Bonchev–Trinajstić information content (AvgIpc) is 3.14. The minimum absolute atomic E-state index is 0.114. The van der Waals surface area contributed by atoms with Gasteiger partial charge in [-0.3, -0.25) is 9.69 Å². The first kappa shape index (κ1) is 17.6. The second kappa shape index (κ2) is 6.51. The SMILES string of the molecule is NC(=O)c1ccnc(N2C[C@H](c3cccc(F)c3F)[C@@H]3[C@H]2C2CCN3CC2)c1. The van der Waals surface area contributed by atoms with Gasteiger partial charge in [-0.05, 0) is 55.6 Å². The highest BCUT2D eigenvalue weighted by molar-refractivity contribution is 5.93. The second-order valence-electron chi connectivity index (χ2n) is 8.02. The molecule has 3 atom stereocenters. The van der Waals surface area contributed by atoms with Gasteiger partial charge in [0.2, 0.25) is 5.91 Å². The minimum atomic E-state index is -0.808. The number of benzene rings is 1. The van der Waals surface area contributed by atoms with Crippen molar-refractivity contribution in [2.75, 3.05) is 24.5 Å². The van der Waals surface area contributed by atoms with Gasteiger partial charge in [-0.2, -0.15) is 0 Å². The number of carbonyl (C=O) groups is 1. The number of amides is 1. The number of hydrogen-bond acceptors (Lipinski definition) is 4. The predicted octanol–water partition coefficient (Wildman–Crippen LogP) is 2.53. The molecule has 2 bridgehead atoms. The maximum Gasteiger partial charge on any atom is 0.248 e. The summed E-state index contributed by atoms with van der Waals surface area (Å²) in [7, 11) is 0. The van der Waals surface area contributed by atoms with Crippen LogP contribution in [0.2, 0.25) is 0 Å². The Labute approximate surface area is 162 Å². The molecular formula is C21H22F2N4O. The van der Waals surface area contributed by atoms with Crippen LogP contribution in [0.15, 0.2) is 36.5 Å². The van der Waals surface area contributed by atoms with Gasteiger partial charge in [0.05, 0.1) is 0 Å². The number of rotatable bonds is 3. The van der Waals surface area contributed by atoms with Crippen LogP contribution in [0.5, 0.6) is 0 Å². The van der Waals surface area contributed by atoms with Gasteiger partial charge < -0.3 is 10.6 Å². The molecule has 0 radical (unpaired) electrons. The van der Waals surface area contributed by atoms with Gasteiger partial charge >= 0.3 is 0 Å². The van der Waals surface area contributed by atoms with Gasteiger partial charge in [0, 0.05) is 36.3 Å². The van der Waals surface area contributed by atoms with Crippen molar-refractivity contribution in [2.24, 2.45) is 11.7 Å². The summed E-state index contributed by atoms with van der Waals surface area (Å²) >= 11 is 0. The molecular weight excluding hydrogens is 362 g/mol. The summed E-state index contributed by atoms with van der Waals surface area (Å²) < 4.78 is 28.6. The van der Waals surface area contributed by atoms with Crippen LogP contribution >= 0.6 is 0 Å². The third kappa shape index (κ3) is 2.60. The molecule has 1 amide bonds. The lowest BCUT2D eigenvalue weighted by molar-refractivity contribution is 0.0350. The third-order valence-corrected chi connectivity index (χ3v) is 6.70. The monoisotopic (exact) mass is 384 g/mol. The molecule has 4 saturated heterocycles. The zero-order valence-electron chi connectivity index (χ0n) is 15.4. The topological polar surface area (TPSA) is 62.5 Å². The zero-order valence-corrected chi connectivity index (χ0v) is 15.4. The summed E-state index contributed by atoms with van der Waals surface area (Å²) in [6, 6.07) is 8.03. The fourth-order valence-electron chi connectivity index (χ4n) is 5.49. The second-order valence-corrected chi connectivity index (χ2v) is 8.02. The highest BCUT2D eigenvalue weighted by atomic mass is 19.2. The molecule has 2 N–H and O–H groups in total. The van der Waals surface area contributed by atoms with Crippen molar-refractivity contribution < 1.29 is 13.6 Å². The maximum atomic E-state index is 14.7. The van der Waals surface area contributed by atoms with Crippen LogP contribution < -0.4 is 10.6 Å². The van der Waals surface area contributed by atoms with E-state index in [0.717, 1.165) is 32.0 Å². The van der Waals surface area contributed by atoms with Crippen molar-refractivity contribution >= 4 is 11.7 Å². The molecule has 5 heterocycles. The minimum Gasteiger partial charge on any atom is -0.366 e. The Bertz CT molecular complexity index is 928. The number of halogens is 2. The van der Waals surface area contributed by atoms with Crippen molar-refractivity contribution in [1.82, 2.24) is 9.88 Å². The summed E-state index contributed by atoms with van der Waals surface area (Å²) in [5.41, 5.74) is 6.28. The average molecular weight is 384 g/mol. The molecule has 0 saturated carbocycles. The van der Waals surface area contributed by atoms with Crippen molar-refractivity contribution in [2.45, 2.75) is 30.8 Å². The molecule has 2 aromatic rings. The number of piperidine rings is 3. The quantitative estimate of drug-likeness (QED) is 0.883. The molecule has 4 aliphatic rings. The maximum absolute atomic E-state index is 14.7. The number of nitrogens with zero attached hydrogens (tertiary/aromatic N) is 3. The normalized spacial score (nSPS) is 31.1. The van der Waals surface area contributed by atoms with E-state index in [1.807, 2.05) is 0 Å². The Morgan fingerprint density at radius 2 is 1.93 bits per heavy atom. The molecule has 7 heteroatoms. The number of hydrogen-bond donors (Lipinski definition) is 1. The summed E-state index contributed by atoms with van der Waals surface area (Å²) in [6.07, 6.45) is 3.76.